The Kier molecular flexibility index (Phi) is 6.88. The summed E-state index contributed by atoms with van der Waals surface area (Å²) in [6.45, 7) is 4.91. The minimum atomic E-state index is -0.612. The molecule has 3 rings (SSSR count). The number of rotatable bonds is 7. The third-order valence-corrected chi connectivity index (χ3v) is 5.23. The fourth-order valence-electron chi connectivity index (χ4n) is 3.64. The molecule has 6 heteroatoms. The molecule has 6 nitrogen and oxygen atoms in total. The Bertz CT molecular complexity index is 823. The molecule has 1 aliphatic heterocycles. The van der Waals surface area contributed by atoms with E-state index in [0.29, 0.717) is 24.0 Å². The Balaban J connectivity index is 1.79. The lowest BCUT2D eigenvalue weighted by molar-refractivity contribution is -0.124. The van der Waals surface area contributed by atoms with Crippen molar-refractivity contribution in [3.63, 3.8) is 0 Å². The number of anilines is 2. The molecule has 0 radical (unpaired) electrons. The lowest BCUT2D eigenvalue weighted by Crippen LogP contribution is -2.46. The van der Waals surface area contributed by atoms with E-state index in [-0.39, 0.29) is 11.8 Å². The topological polar surface area (TPSA) is 61.9 Å². The van der Waals surface area contributed by atoms with E-state index in [2.05, 4.69) is 17.3 Å². The van der Waals surface area contributed by atoms with Crippen LogP contribution in [-0.2, 0) is 9.59 Å². The van der Waals surface area contributed by atoms with Crippen LogP contribution < -0.4 is 15.0 Å². The van der Waals surface area contributed by atoms with Crippen LogP contribution in [0.2, 0.25) is 0 Å². The van der Waals surface area contributed by atoms with Crippen molar-refractivity contribution in [3.05, 3.63) is 54.6 Å². The largest absolute Gasteiger partial charge is 0.481 e. The number of carbonyl (C=O) groups is 2. The van der Waals surface area contributed by atoms with Crippen LogP contribution in [0.15, 0.2) is 54.6 Å². The van der Waals surface area contributed by atoms with E-state index in [4.69, 9.17) is 4.74 Å². The van der Waals surface area contributed by atoms with Crippen LogP contribution in [0.1, 0.15) is 26.7 Å². The minimum Gasteiger partial charge on any atom is -0.481 e. The van der Waals surface area contributed by atoms with Crippen molar-refractivity contribution < 1.29 is 14.3 Å². The summed E-state index contributed by atoms with van der Waals surface area (Å²) in [5, 5.41) is 2.76. The third-order valence-electron chi connectivity index (χ3n) is 5.23. The summed E-state index contributed by atoms with van der Waals surface area (Å²) >= 11 is 0. The summed E-state index contributed by atoms with van der Waals surface area (Å²) in [5.74, 6) is 0.469. The average molecular weight is 396 g/mol. The molecule has 0 spiro atoms. The number of hydrogen-bond donors (Lipinski definition) is 1. The highest BCUT2D eigenvalue weighted by Crippen LogP contribution is 2.24. The number of carbonyl (C=O) groups excluding carboxylic acids is 2. The zero-order valence-corrected chi connectivity index (χ0v) is 17.3. The molecular formula is C23H29N3O3. The van der Waals surface area contributed by atoms with Crippen LogP contribution in [-0.4, -0.2) is 49.0 Å². The highest BCUT2D eigenvalue weighted by Gasteiger charge is 2.29. The quantitative estimate of drug-likeness (QED) is 0.779. The molecule has 0 aliphatic carbocycles. The standard InChI is InChI=1S/C23H29N3O3/c1-17(29-22-9-5-4-6-10-22)23(28)26(16-21-8-7-15-25(21)3)20-13-11-19(12-14-20)24-18(2)27/h4-6,9-14,17,21H,7-8,15-16H2,1-3H3,(H,24,27)/t17?,21-/m1/s1. The highest BCUT2D eigenvalue weighted by atomic mass is 16.5. The van der Waals surface area contributed by atoms with E-state index < -0.39 is 6.10 Å². The van der Waals surface area contributed by atoms with Gasteiger partial charge in [-0.2, -0.15) is 0 Å². The molecule has 154 valence electrons. The Morgan fingerprint density at radius 1 is 1.17 bits per heavy atom. The smallest absolute Gasteiger partial charge is 0.267 e. The van der Waals surface area contributed by atoms with E-state index in [9.17, 15) is 9.59 Å². The number of likely N-dealkylation sites (tertiary alicyclic amines) is 1. The predicted octanol–water partition coefficient (Wildman–Crippen LogP) is 3.54. The summed E-state index contributed by atoms with van der Waals surface area (Å²) < 4.78 is 5.88. The monoisotopic (exact) mass is 395 g/mol. The van der Waals surface area contributed by atoms with Gasteiger partial charge in [-0.1, -0.05) is 18.2 Å². The maximum absolute atomic E-state index is 13.3. The maximum Gasteiger partial charge on any atom is 0.267 e. The van der Waals surface area contributed by atoms with Gasteiger partial charge in [0.2, 0.25) is 5.91 Å². The Morgan fingerprint density at radius 3 is 2.45 bits per heavy atom. The first-order valence-electron chi connectivity index (χ1n) is 10.0. The molecule has 0 aromatic heterocycles. The summed E-state index contributed by atoms with van der Waals surface area (Å²) in [6, 6.07) is 17.1. The Labute approximate surface area is 172 Å². The molecular weight excluding hydrogens is 366 g/mol. The molecule has 2 atom stereocenters. The van der Waals surface area contributed by atoms with Crippen molar-refractivity contribution in [1.29, 1.82) is 0 Å². The maximum atomic E-state index is 13.3. The van der Waals surface area contributed by atoms with Crippen LogP contribution in [0.5, 0.6) is 5.75 Å². The molecule has 1 N–H and O–H groups in total. The van der Waals surface area contributed by atoms with Gasteiger partial charge in [0.05, 0.1) is 0 Å². The lowest BCUT2D eigenvalue weighted by atomic mass is 10.1. The molecule has 2 aromatic rings. The molecule has 0 saturated carbocycles. The normalized spacial score (nSPS) is 17.6. The number of nitrogens with zero attached hydrogens (tertiary/aromatic N) is 2. The van der Waals surface area contributed by atoms with Crippen molar-refractivity contribution in [2.24, 2.45) is 0 Å². The second-order valence-electron chi connectivity index (χ2n) is 7.53. The third kappa shape index (κ3) is 5.57. The van der Waals surface area contributed by atoms with Crippen molar-refractivity contribution in [2.75, 3.05) is 30.4 Å². The van der Waals surface area contributed by atoms with E-state index in [1.54, 1.807) is 11.8 Å². The molecule has 0 bridgehead atoms. The predicted molar refractivity (Wildman–Crippen MR) is 115 cm³/mol. The number of amides is 2. The molecule has 1 fully saturated rings. The van der Waals surface area contributed by atoms with Crippen molar-refractivity contribution in [1.82, 2.24) is 4.90 Å². The van der Waals surface area contributed by atoms with Gasteiger partial charge in [0, 0.05) is 30.9 Å². The number of benzene rings is 2. The lowest BCUT2D eigenvalue weighted by Gasteiger charge is -2.31. The van der Waals surface area contributed by atoms with Gasteiger partial charge >= 0.3 is 0 Å². The number of hydrogen-bond acceptors (Lipinski definition) is 4. The van der Waals surface area contributed by atoms with Crippen LogP contribution >= 0.6 is 0 Å². The van der Waals surface area contributed by atoms with E-state index in [0.717, 1.165) is 25.1 Å². The number of likely N-dealkylation sites (N-methyl/N-ethyl adjacent to an activating group) is 1. The second kappa shape index (κ2) is 9.56. The molecule has 1 unspecified atom stereocenters. The van der Waals surface area contributed by atoms with Gasteiger partial charge in [-0.3, -0.25) is 9.59 Å². The first-order chi connectivity index (χ1) is 13.9. The van der Waals surface area contributed by atoms with E-state index in [1.807, 2.05) is 54.6 Å². The van der Waals surface area contributed by atoms with Gasteiger partial charge in [0.25, 0.3) is 5.91 Å². The van der Waals surface area contributed by atoms with Crippen LogP contribution in [0, 0.1) is 0 Å². The summed E-state index contributed by atoms with van der Waals surface area (Å²) in [6.07, 6.45) is 1.60. The second-order valence-corrected chi connectivity index (χ2v) is 7.53. The molecule has 2 amide bonds. The first-order valence-corrected chi connectivity index (χ1v) is 10.0. The molecule has 1 saturated heterocycles. The van der Waals surface area contributed by atoms with E-state index in [1.165, 1.54) is 6.92 Å². The van der Waals surface area contributed by atoms with Crippen LogP contribution in [0.3, 0.4) is 0 Å². The molecule has 1 heterocycles. The summed E-state index contributed by atoms with van der Waals surface area (Å²) in [7, 11) is 2.10. The fraction of sp³-hybridized carbons (Fsp3) is 0.391. The van der Waals surface area contributed by atoms with Crippen molar-refractivity contribution in [2.45, 2.75) is 38.8 Å². The van der Waals surface area contributed by atoms with Gasteiger partial charge in [0.1, 0.15) is 5.75 Å². The van der Waals surface area contributed by atoms with Crippen molar-refractivity contribution in [3.8, 4) is 5.75 Å². The van der Waals surface area contributed by atoms with Crippen molar-refractivity contribution >= 4 is 23.2 Å². The van der Waals surface area contributed by atoms with Gasteiger partial charge < -0.3 is 19.9 Å². The molecule has 29 heavy (non-hydrogen) atoms. The molecule has 2 aromatic carbocycles. The summed E-state index contributed by atoms with van der Waals surface area (Å²) in [4.78, 5) is 28.7. The summed E-state index contributed by atoms with van der Waals surface area (Å²) in [5.41, 5.74) is 1.51. The average Bonchev–Trinajstić information content (AvgIpc) is 3.11. The van der Waals surface area contributed by atoms with Crippen LogP contribution in [0.25, 0.3) is 0 Å². The Morgan fingerprint density at radius 2 is 1.86 bits per heavy atom. The number of ether oxygens (including phenoxy) is 1. The SMILES string of the molecule is CC(=O)Nc1ccc(N(C[C@H]2CCCN2C)C(=O)C(C)Oc2ccccc2)cc1. The van der Waals surface area contributed by atoms with Gasteiger partial charge in [0.15, 0.2) is 6.10 Å². The number of para-hydroxylation sites is 1. The van der Waals surface area contributed by atoms with E-state index >= 15 is 0 Å². The van der Waals surface area contributed by atoms with Crippen LogP contribution in [0.4, 0.5) is 11.4 Å². The van der Waals surface area contributed by atoms with Gasteiger partial charge in [-0.05, 0) is 69.8 Å². The highest BCUT2D eigenvalue weighted by molar-refractivity contribution is 5.97. The van der Waals surface area contributed by atoms with Gasteiger partial charge in [-0.15, -0.1) is 0 Å². The zero-order valence-electron chi connectivity index (χ0n) is 17.3. The van der Waals surface area contributed by atoms with Gasteiger partial charge in [-0.25, -0.2) is 0 Å². The minimum absolute atomic E-state index is 0.0820. The molecule has 1 aliphatic rings. The Hall–Kier alpha value is -2.86. The zero-order chi connectivity index (χ0) is 20.8. The number of nitrogens with one attached hydrogen (secondary N) is 1. The first kappa shape index (κ1) is 20.9. The fourth-order valence-corrected chi connectivity index (χ4v) is 3.64.